The van der Waals surface area contributed by atoms with Crippen LogP contribution in [0.2, 0.25) is 0 Å². The number of aliphatic imine (C=N–C) groups is 1. The lowest BCUT2D eigenvalue weighted by molar-refractivity contribution is 0.0161. The van der Waals surface area contributed by atoms with E-state index < -0.39 is 11.3 Å². The summed E-state index contributed by atoms with van der Waals surface area (Å²) in [6, 6.07) is 0. The minimum Gasteiger partial charge on any atom is -0.444 e. The molecule has 5 N–H and O–H groups in total. The first-order valence-corrected chi connectivity index (χ1v) is 7.26. The molecule has 0 aromatic rings. The minimum absolute atomic E-state index is 0.160. The molecule has 21 heavy (non-hydrogen) atoms. The van der Waals surface area contributed by atoms with Crippen molar-refractivity contribution in [2.45, 2.75) is 44.9 Å². The van der Waals surface area contributed by atoms with Gasteiger partial charge in [0.25, 0.3) is 0 Å². The number of nitrogens with two attached hydrogens (primary N) is 2. The summed E-state index contributed by atoms with van der Waals surface area (Å²) in [5.41, 5.74) is 10.7. The van der Waals surface area contributed by atoms with Gasteiger partial charge in [0.15, 0.2) is 5.96 Å². The molecule has 1 saturated heterocycles. The molecule has 0 aromatic heterocycles. The van der Waals surface area contributed by atoms with Crippen LogP contribution >= 0.6 is 0 Å². The Morgan fingerprint density at radius 3 is 2.62 bits per heavy atom. The maximum atomic E-state index is 12.0. The van der Waals surface area contributed by atoms with Crippen LogP contribution in [0.25, 0.3) is 0 Å². The van der Waals surface area contributed by atoms with Crippen molar-refractivity contribution in [2.24, 2.45) is 22.4 Å². The van der Waals surface area contributed by atoms with Crippen molar-refractivity contribution >= 4 is 12.1 Å². The molecule has 7 heteroatoms. The number of carbonyl (C=O) groups excluding carboxylic acids is 1. The zero-order valence-corrected chi connectivity index (χ0v) is 12.9. The predicted octanol–water partition coefficient (Wildman–Crippen LogP) is 0.720. The number of rotatable bonds is 1. The van der Waals surface area contributed by atoms with Gasteiger partial charge in [0.2, 0.25) is 0 Å². The van der Waals surface area contributed by atoms with Crippen molar-refractivity contribution in [1.82, 2.24) is 10.2 Å². The Kier molecular flexibility index (Phi) is 4.13. The zero-order valence-electron chi connectivity index (χ0n) is 12.9. The molecule has 0 aliphatic carbocycles. The highest BCUT2D eigenvalue weighted by molar-refractivity contribution is 5.80. The summed E-state index contributed by atoms with van der Waals surface area (Å²) in [5, 5.41) is 2.81. The molecule has 0 spiro atoms. The van der Waals surface area contributed by atoms with E-state index >= 15 is 0 Å². The second kappa shape index (κ2) is 5.55. The summed E-state index contributed by atoms with van der Waals surface area (Å²) in [5.74, 6) is 0.489. The molecule has 1 unspecified atom stereocenters. The maximum Gasteiger partial charge on any atom is 0.410 e. The van der Waals surface area contributed by atoms with E-state index in [2.05, 4.69) is 10.3 Å². The van der Waals surface area contributed by atoms with Gasteiger partial charge in [-0.25, -0.2) is 9.79 Å². The van der Waals surface area contributed by atoms with E-state index in [1.54, 1.807) is 11.1 Å². The quantitative estimate of drug-likeness (QED) is 0.661. The van der Waals surface area contributed by atoms with Crippen LogP contribution in [0.4, 0.5) is 4.79 Å². The molecule has 1 amide bonds. The normalized spacial score (nSPS) is 27.0. The van der Waals surface area contributed by atoms with Crippen molar-refractivity contribution < 1.29 is 9.53 Å². The molecular weight excluding hydrogens is 270 g/mol. The third kappa shape index (κ3) is 3.87. The van der Waals surface area contributed by atoms with Crippen LogP contribution in [0.1, 0.15) is 33.6 Å². The fourth-order valence-electron chi connectivity index (χ4n) is 2.62. The number of carbonyl (C=O) groups is 1. The fourth-order valence-corrected chi connectivity index (χ4v) is 2.62. The molecular formula is C14H25N5O2. The average molecular weight is 295 g/mol. The Morgan fingerprint density at radius 2 is 2.10 bits per heavy atom. The number of nitrogens with zero attached hydrogens (tertiary/aromatic N) is 2. The number of hydrogen-bond donors (Lipinski definition) is 3. The van der Waals surface area contributed by atoms with Gasteiger partial charge in [-0.05, 0) is 39.7 Å². The van der Waals surface area contributed by atoms with Gasteiger partial charge in [-0.2, -0.15) is 0 Å². The second-order valence-corrected chi connectivity index (χ2v) is 6.60. The molecule has 118 valence electrons. The van der Waals surface area contributed by atoms with Gasteiger partial charge in [0, 0.05) is 25.2 Å². The van der Waals surface area contributed by atoms with E-state index in [-0.39, 0.29) is 12.0 Å². The number of guanidine groups is 1. The first kappa shape index (κ1) is 15.6. The first-order valence-electron chi connectivity index (χ1n) is 7.26. The standard InChI is InChI=1S/C14H25N5O2/c1-13(2,3)21-12(20)19-8-4-10(5-9-19)14(16)6-7-17-11(15)18-14/h6-7,10H,4-5,8-9,16H2,1-3H3,(H3,15,17,18). The van der Waals surface area contributed by atoms with Crippen LogP contribution in [0.15, 0.2) is 17.3 Å². The van der Waals surface area contributed by atoms with Crippen LogP contribution in [0, 0.1) is 5.92 Å². The molecule has 2 rings (SSSR count). The Bertz CT molecular complexity index is 460. The van der Waals surface area contributed by atoms with Crippen molar-refractivity contribution in [2.75, 3.05) is 13.1 Å². The van der Waals surface area contributed by atoms with E-state index in [0.29, 0.717) is 19.0 Å². The van der Waals surface area contributed by atoms with E-state index in [0.717, 1.165) is 12.8 Å². The van der Waals surface area contributed by atoms with Gasteiger partial charge in [0.1, 0.15) is 11.3 Å². The minimum atomic E-state index is -0.782. The maximum absolute atomic E-state index is 12.0. The number of piperidine rings is 1. The van der Waals surface area contributed by atoms with Crippen LogP contribution in [0.3, 0.4) is 0 Å². The summed E-state index contributed by atoms with van der Waals surface area (Å²) < 4.78 is 5.38. The van der Waals surface area contributed by atoms with Crippen LogP contribution in [-0.4, -0.2) is 41.3 Å². The Morgan fingerprint density at radius 1 is 1.48 bits per heavy atom. The summed E-state index contributed by atoms with van der Waals surface area (Å²) in [6.07, 6.45) is 4.84. The summed E-state index contributed by atoms with van der Waals surface area (Å²) in [6.45, 7) is 6.84. The van der Waals surface area contributed by atoms with Gasteiger partial charge < -0.3 is 26.4 Å². The Labute approximate surface area is 125 Å². The summed E-state index contributed by atoms with van der Waals surface area (Å²) in [4.78, 5) is 18.1. The average Bonchev–Trinajstić information content (AvgIpc) is 2.36. The number of hydrogen-bond acceptors (Lipinski definition) is 6. The zero-order chi connectivity index (χ0) is 15.7. The number of amides is 1. The van der Waals surface area contributed by atoms with Crippen molar-refractivity contribution in [3.63, 3.8) is 0 Å². The molecule has 0 radical (unpaired) electrons. The van der Waals surface area contributed by atoms with E-state index in [1.807, 2.05) is 26.8 Å². The van der Waals surface area contributed by atoms with Gasteiger partial charge in [-0.3, -0.25) is 0 Å². The summed E-state index contributed by atoms with van der Waals surface area (Å²) in [7, 11) is 0. The van der Waals surface area contributed by atoms with E-state index in [9.17, 15) is 4.79 Å². The van der Waals surface area contributed by atoms with Gasteiger partial charge in [-0.1, -0.05) is 0 Å². The SMILES string of the molecule is CC(C)(C)OC(=O)N1CCC(C2(N)C=CNC(N)=N2)CC1. The predicted molar refractivity (Wildman–Crippen MR) is 81.3 cm³/mol. The molecule has 0 aromatic carbocycles. The number of ether oxygens (including phenoxy) is 1. The van der Waals surface area contributed by atoms with Crippen molar-refractivity contribution in [3.8, 4) is 0 Å². The third-order valence-electron chi connectivity index (χ3n) is 3.70. The van der Waals surface area contributed by atoms with Crippen molar-refractivity contribution in [1.29, 1.82) is 0 Å². The third-order valence-corrected chi connectivity index (χ3v) is 3.70. The molecule has 1 fully saturated rings. The Hall–Kier alpha value is -1.76. The lowest BCUT2D eigenvalue weighted by atomic mass is 9.84. The van der Waals surface area contributed by atoms with E-state index in [4.69, 9.17) is 16.2 Å². The highest BCUT2D eigenvalue weighted by atomic mass is 16.6. The molecule has 0 saturated carbocycles. The second-order valence-electron chi connectivity index (χ2n) is 6.60. The first-order chi connectivity index (χ1) is 9.70. The topological polar surface area (TPSA) is 106 Å². The van der Waals surface area contributed by atoms with Crippen LogP contribution in [-0.2, 0) is 4.74 Å². The monoisotopic (exact) mass is 295 g/mol. The molecule has 7 nitrogen and oxygen atoms in total. The van der Waals surface area contributed by atoms with Crippen LogP contribution < -0.4 is 16.8 Å². The smallest absolute Gasteiger partial charge is 0.410 e. The highest BCUT2D eigenvalue weighted by Gasteiger charge is 2.38. The molecule has 1 atom stereocenters. The largest absolute Gasteiger partial charge is 0.444 e. The van der Waals surface area contributed by atoms with Gasteiger partial charge >= 0.3 is 6.09 Å². The fraction of sp³-hybridized carbons (Fsp3) is 0.714. The number of likely N-dealkylation sites (tertiary alicyclic amines) is 1. The van der Waals surface area contributed by atoms with E-state index in [1.165, 1.54) is 0 Å². The molecule has 2 aliphatic heterocycles. The van der Waals surface area contributed by atoms with Gasteiger partial charge in [-0.15, -0.1) is 0 Å². The molecule has 0 bridgehead atoms. The van der Waals surface area contributed by atoms with Crippen molar-refractivity contribution in [3.05, 3.63) is 12.3 Å². The molecule has 2 aliphatic rings. The Balaban J connectivity index is 1.93. The van der Waals surface area contributed by atoms with Crippen LogP contribution in [0.5, 0.6) is 0 Å². The lowest BCUT2D eigenvalue weighted by Crippen LogP contribution is -2.53. The highest BCUT2D eigenvalue weighted by Crippen LogP contribution is 2.30. The number of nitrogens with one attached hydrogen (secondary N) is 1. The molecule has 2 heterocycles. The van der Waals surface area contributed by atoms with Gasteiger partial charge in [0.05, 0.1) is 0 Å². The lowest BCUT2D eigenvalue weighted by Gasteiger charge is -2.39. The summed E-state index contributed by atoms with van der Waals surface area (Å²) >= 11 is 0.